The minimum Gasteiger partial charge on any atom is -0.355 e. The van der Waals surface area contributed by atoms with E-state index >= 15 is 0 Å². The van der Waals surface area contributed by atoms with E-state index in [9.17, 15) is 18.0 Å². The highest BCUT2D eigenvalue weighted by atomic mass is 35.5. The van der Waals surface area contributed by atoms with Crippen molar-refractivity contribution in [3.8, 4) is 0 Å². The van der Waals surface area contributed by atoms with Crippen molar-refractivity contribution < 1.29 is 18.0 Å². The van der Waals surface area contributed by atoms with E-state index in [4.69, 9.17) is 34.8 Å². The molecule has 7 nitrogen and oxygen atoms in total. The number of halogens is 3. The molecule has 1 atom stereocenters. The molecule has 0 saturated carbocycles. The van der Waals surface area contributed by atoms with E-state index in [1.807, 2.05) is 0 Å². The SMILES string of the molecule is CCNC(=O)C(C)N(Cc1c(Cl)cccc1Cl)C(=O)CN(c1ccc(C)c(Cl)c1)S(C)(=O)=O. The van der Waals surface area contributed by atoms with Gasteiger partial charge in [0, 0.05) is 33.7 Å². The zero-order chi connectivity index (χ0) is 24.9. The largest absolute Gasteiger partial charge is 0.355 e. The molecule has 0 saturated heterocycles. The van der Waals surface area contributed by atoms with Gasteiger partial charge in [-0.15, -0.1) is 0 Å². The summed E-state index contributed by atoms with van der Waals surface area (Å²) in [6.45, 7) is 4.85. The molecular weight excluding hydrogens is 509 g/mol. The number of carbonyl (C=O) groups excluding carboxylic acids is 2. The van der Waals surface area contributed by atoms with Gasteiger partial charge < -0.3 is 10.2 Å². The van der Waals surface area contributed by atoms with E-state index in [0.717, 1.165) is 16.1 Å². The molecule has 0 radical (unpaired) electrons. The van der Waals surface area contributed by atoms with Gasteiger partial charge in [-0.1, -0.05) is 46.9 Å². The van der Waals surface area contributed by atoms with Gasteiger partial charge in [-0.05, 0) is 50.6 Å². The molecule has 0 fully saturated rings. The number of likely N-dealkylation sites (N-methyl/N-ethyl adjacent to an activating group) is 1. The fraction of sp³-hybridized carbons (Fsp3) is 0.364. The molecule has 0 aliphatic rings. The number of hydrogen-bond donors (Lipinski definition) is 1. The van der Waals surface area contributed by atoms with Gasteiger partial charge in [-0.2, -0.15) is 0 Å². The molecule has 0 heterocycles. The molecule has 180 valence electrons. The number of nitrogens with one attached hydrogen (secondary N) is 1. The van der Waals surface area contributed by atoms with Gasteiger partial charge in [0.25, 0.3) is 0 Å². The summed E-state index contributed by atoms with van der Waals surface area (Å²) in [6, 6.07) is 8.72. The topological polar surface area (TPSA) is 86.8 Å². The molecule has 2 aromatic rings. The van der Waals surface area contributed by atoms with Crippen LogP contribution in [0.25, 0.3) is 0 Å². The standard InChI is InChI=1S/C22H26Cl3N3O4S/c1-5-26-22(30)15(3)27(12-17-18(23)7-6-8-19(17)24)21(29)13-28(33(4,31)32)16-10-9-14(2)20(25)11-16/h6-11,15H,5,12-13H2,1-4H3,(H,26,30). The summed E-state index contributed by atoms with van der Waals surface area (Å²) in [7, 11) is -3.85. The lowest BCUT2D eigenvalue weighted by molar-refractivity contribution is -0.139. The van der Waals surface area contributed by atoms with Gasteiger partial charge in [-0.3, -0.25) is 13.9 Å². The summed E-state index contributed by atoms with van der Waals surface area (Å²) in [5.74, 6) is -0.995. The minimum absolute atomic E-state index is 0.0815. The first kappa shape index (κ1) is 27.2. The first-order valence-corrected chi connectivity index (χ1v) is 13.1. The number of benzene rings is 2. The van der Waals surface area contributed by atoms with Crippen LogP contribution in [0.1, 0.15) is 25.0 Å². The maximum Gasteiger partial charge on any atom is 0.244 e. The highest BCUT2D eigenvalue weighted by Crippen LogP contribution is 2.28. The fourth-order valence-corrected chi connectivity index (χ4v) is 4.64. The molecule has 1 unspecified atom stereocenters. The monoisotopic (exact) mass is 533 g/mol. The molecule has 0 spiro atoms. The van der Waals surface area contributed by atoms with Crippen LogP contribution in [-0.2, 0) is 26.2 Å². The third-order valence-corrected chi connectivity index (χ3v) is 7.29. The van der Waals surface area contributed by atoms with Crippen LogP contribution >= 0.6 is 34.8 Å². The molecule has 33 heavy (non-hydrogen) atoms. The summed E-state index contributed by atoms with van der Waals surface area (Å²) in [6.07, 6.45) is 0.997. The molecular formula is C22H26Cl3N3O4S. The Labute approximate surface area is 209 Å². The molecule has 1 N–H and O–H groups in total. The van der Waals surface area contributed by atoms with Crippen molar-refractivity contribution in [1.82, 2.24) is 10.2 Å². The van der Waals surface area contributed by atoms with Gasteiger partial charge in [0.05, 0.1) is 11.9 Å². The zero-order valence-corrected chi connectivity index (χ0v) is 21.8. The first-order valence-electron chi connectivity index (χ1n) is 10.1. The Kier molecular flexibility index (Phi) is 9.43. The molecule has 0 aliphatic carbocycles. The van der Waals surface area contributed by atoms with Crippen molar-refractivity contribution in [2.24, 2.45) is 0 Å². The summed E-state index contributed by atoms with van der Waals surface area (Å²) in [4.78, 5) is 27.2. The van der Waals surface area contributed by atoms with Gasteiger partial charge in [0.15, 0.2) is 0 Å². The average molecular weight is 535 g/mol. The highest BCUT2D eigenvalue weighted by molar-refractivity contribution is 7.92. The van der Waals surface area contributed by atoms with Gasteiger partial charge >= 0.3 is 0 Å². The van der Waals surface area contributed by atoms with Crippen LogP contribution < -0.4 is 9.62 Å². The Bertz CT molecular complexity index is 1120. The normalized spacial score (nSPS) is 12.2. The fourth-order valence-electron chi connectivity index (χ4n) is 3.11. The van der Waals surface area contributed by atoms with E-state index < -0.39 is 34.4 Å². The van der Waals surface area contributed by atoms with Crippen molar-refractivity contribution in [1.29, 1.82) is 0 Å². The van der Waals surface area contributed by atoms with Gasteiger partial charge in [0.2, 0.25) is 21.8 Å². The maximum atomic E-state index is 13.4. The average Bonchev–Trinajstić information content (AvgIpc) is 2.72. The Morgan fingerprint density at radius 1 is 1.06 bits per heavy atom. The molecule has 0 bridgehead atoms. The maximum absolute atomic E-state index is 13.4. The summed E-state index contributed by atoms with van der Waals surface area (Å²) in [5, 5.41) is 3.70. The van der Waals surface area contributed by atoms with Crippen LogP contribution in [0.5, 0.6) is 0 Å². The molecule has 11 heteroatoms. The third-order valence-electron chi connectivity index (χ3n) is 5.03. The summed E-state index contributed by atoms with van der Waals surface area (Å²) >= 11 is 18.7. The molecule has 0 aliphatic heterocycles. The lowest BCUT2D eigenvalue weighted by Gasteiger charge is -2.32. The number of anilines is 1. The minimum atomic E-state index is -3.85. The van der Waals surface area contributed by atoms with E-state index in [2.05, 4.69) is 5.32 Å². The number of aryl methyl sites for hydroxylation is 1. The van der Waals surface area contributed by atoms with Crippen LogP contribution in [0, 0.1) is 6.92 Å². The molecule has 2 amide bonds. The van der Waals surface area contributed by atoms with Crippen LogP contribution in [0.2, 0.25) is 15.1 Å². The zero-order valence-electron chi connectivity index (χ0n) is 18.7. The Morgan fingerprint density at radius 2 is 1.67 bits per heavy atom. The quantitative estimate of drug-likeness (QED) is 0.520. The van der Waals surface area contributed by atoms with E-state index in [-0.39, 0.29) is 12.2 Å². The first-order chi connectivity index (χ1) is 15.4. The van der Waals surface area contributed by atoms with Crippen LogP contribution in [-0.4, -0.2) is 50.5 Å². The van der Waals surface area contributed by atoms with E-state index in [0.29, 0.717) is 27.2 Å². The molecule has 2 aromatic carbocycles. The van der Waals surface area contributed by atoms with Crippen LogP contribution in [0.15, 0.2) is 36.4 Å². The van der Waals surface area contributed by atoms with Crippen LogP contribution in [0.4, 0.5) is 5.69 Å². The van der Waals surface area contributed by atoms with Crippen LogP contribution in [0.3, 0.4) is 0 Å². The number of sulfonamides is 1. The second kappa shape index (κ2) is 11.4. The Hall–Kier alpha value is -2.00. The lowest BCUT2D eigenvalue weighted by Crippen LogP contribution is -2.51. The van der Waals surface area contributed by atoms with Crippen molar-refractivity contribution in [2.75, 3.05) is 23.7 Å². The second-order valence-corrected chi connectivity index (χ2v) is 10.6. The van der Waals surface area contributed by atoms with Crippen molar-refractivity contribution in [3.05, 3.63) is 62.6 Å². The molecule has 2 rings (SSSR count). The predicted octanol–water partition coefficient (Wildman–Crippen LogP) is 4.27. The molecule has 0 aromatic heterocycles. The predicted molar refractivity (Wildman–Crippen MR) is 134 cm³/mol. The number of rotatable bonds is 9. The second-order valence-electron chi connectivity index (χ2n) is 7.50. The highest BCUT2D eigenvalue weighted by Gasteiger charge is 2.30. The van der Waals surface area contributed by atoms with Crippen molar-refractivity contribution in [2.45, 2.75) is 33.4 Å². The van der Waals surface area contributed by atoms with E-state index in [1.165, 1.54) is 11.0 Å². The van der Waals surface area contributed by atoms with E-state index in [1.54, 1.807) is 51.1 Å². The van der Waals surface area contributed by atoms with Crippen molar-refractivity contribution >= 4 is 62.3 Å². The smallest absolute Gasteiger partial charge is 0.244 e. The number of amides is 2. The summed E-state index contributed by atoms with van der Waals surface area (Å²) < 4.78 is 26.0. The van der Waals surface area contributed by atoms with Gasteiger partial charge in [0.1, 0.15) is 12.6 Å². The lowest BCUT2D eigenvalue weighted by atomic mass is 10.1. The van der Waals surface area contributed by atoms with Crippen molar-refractivity contribution in [3.63, 3.8) is 0 Å². The summed E-state index contributed by atoms with van der Waals surface area (Å²) in [5.41, 5.74) is 1.46. The number of hydrogen-bond acceptors (Lipinski definition) is 4. The Morgan fingerprint density at radius 3 is 2.18 bits per heavy atom. The number of carbonyl (C=O) groups is 2. The number of nitrogens with zero attached hydrogens (tertiary/aromatic N) is 2. The third kappa shape index (κ3) is 6.99. The Balaban J connectivity index is 2.46. The van der Waals surface area contributed by atoms with Gasteiger partial charge in [-0.25, -0.2) is 8.42 Å².